The van der Waals surface area contributed by atoms with Crippen molar-refractivity contribution in [3.63, 3.8) is 0 Å². The number of methoxy groups -OCH3 is 1. The molecule has 11 heteroatoms. The topological polar surface area (TPSA) is 126 Å². The summed E-state index contributed by atoms with van der Waals surface area (Å²) in [5.41, 5.74) is 9.22. The van der Waals surface area contributed by atoms with Gasteiger partial charge in [0.2, 0.25) is 5.91 Å². The number of aromatic nitrogens is 1. The number of nitrogens with zero attached hydrogens (tertiary/aromatic N) is 4. The lowest BCUT2D eigenvalue weighted by atomic mass is 9.95. The molecule has 1 heterocycles. The predicted molar refractivity (Wildman–Crippen MR) is 138 cm³/mol. The summed E-state index contributed by atoms with van der Waals surface area (Å²) in [5.74, 6) is -0.716. The Morgan fingerprint density at radius 1 is 1.21 bits per heavy atom. The quantitative estimate of drug-likeness (QED) is 0.0979. The minimum atomic E-state index is -2.02. The summed E-state index contributed by atoms with van der Waals surface area (Å²) < 4.78 is 11.7. The molecule has 1 aromatic rings. The molecule has 0 radical (unpaired) electrons. The Morgan fingerprint density at radius 2 is 1.82 bits per heavy atom. The second-order valence-electron chi connectivity index (χ2n) is 9.04. The van der Waals surface area contributed by atoms with Gasteiger partial charge < -0.3 is 14.5 Å². The zero-order valence-corrected chi connectivity index (χ0v) is 23.6. The average Bonchev–Trinajstić information content (AvgIpc) is 3.33. The van der Waals surface area contributed by atoms with Gasteiger partial charge in [0.15, 0.2) is 14.0 Å². The molecule has 0 spiro atoms. The molecule has 0 saturated carbocycles. The van der Waals surface area contributed by atoms with Crippen LogP contribution in [-0.4, -0.2) is 44.4 Å². The number of hydrogen-bond acceptors (Lipinski definition) is 7. The Labute approximate surface area is 208 Å². The standard InChI is InChI=1S/C23H41N5O4SSi/c1-9-16(7)20(27-28-24)21(29)25-17(15(5)6)13-19(32-34(10-2,11-3)12-4)22-26-18(14-33-22)23(30)31-8/h14-17,19-20H,9-13H2,1-8H3,(H,25,29)/t16?,17-,19-,20?/m1/s1. The van der Waals surface area contributed by atoms with E-state index < -0.39 is 20.3 Å². The Bertz CT molecular complexity index is 831. The largest absolute Gasteiger partial charge is 0.464 e. The molecular formula is C23H41N5O4SSi. The van der Waals surface area contributed by atoms with Gasteiger partial charge in [0.25, 0.3) is 0 Å². The predicted octanol–water partition coefficient (Wildman–Crippen LogP) is 6.25. The molecule has 9 nitrogen and oxygen atoms in total. The van der Waals surface area contributed by atoms with E-state index in [1.165, 1.54) is 18.4 Å². The fraction of sp³-hybridized carbons (Fsp3) is 0.783. The normalized spacial score (nSPS) is 15.2. The molecule has 1 rings (SSSR count). The second-order valence-corrected chi connectivity index (χ2v) is 14.7. The van der Waals surface area contributed by atoms with Crippen molar-refractivity contribution >= 4 is 31.5 Å². The number of nitrogens with one attached hydrogen (secondary N) is 1. The van der Waals surface area contributed by atoms with Crippen LogP contribution in [-0.2, 0) is 14.0 Å². The molecule has 192 valence electrons. The molecular weight excluding hydrogens is 470 g/mol. The fourth-order valence-corrected chi connectivity index (χ4v) is 7.56. The first-order valence-electron chi connectivity index (χ1n) is 12.2. The van der Waals surface area contributed by atoms with Crippen molar-refractivity contribution in [3.8, 4) is 0 Å². The van der Waals surface area contributed by atoms with Crippen LogP contribution in [0.2, 0.25) is 18.1 Å². The highest BCUT2D eigenvalue weighted by atomic mass is 32.1. The zero-order chi connectivity index (χ0) is 25.9. The van der Waals surface area contributed by atoms with E-state index >= 15 is 0 Å². The van der Waals surface area contributed by atoms with Gasteiger partial charge in [0.1, 0.15) is 11.0 Å². The van der Waals surface area contributed by atoms with E-state index in [0.29, 0.717) is 11.4 Å². The number of hydrogen-bond donors (Lipinski definition) is 1. The lowest BCUT2D eigenvalue weighted by Gasteiger charge is -2.35. The number of thiazole rings is 1. The highest BCUT2D eigenvalue weighted by molar-refractivity contribution is 7.09. The Kier molecular flexibility index (Phi) is 12.8. The summed E-state index contributed by atoms with van der Waals surface area (Å²) in [5, 5.41) is 9.27. The van der Waals surface area contributed by atoms with Gasteiger partial charge in [-0.05, 0) is 41.9 Å². The first-order chi connectivity index (χ1) is 16.1. The highest BCUT2D eigenvalue weighted by Gasteiger charge is 2.36. The summed E-state index contributed by atoms with van der Waals surface area (Å²) in [4.78, 5) is 32.5. The SMILES string of the molecule is CCC(C)C(N=[N+]=[N-])C(=O)N[C@H](C[C@@H](O[Si](CC)(CC)CC)c1nc(C(=O)OC)cs1)C(C)C. The van der Waals surface area contributed by atoms with E-state index in [1.54, 1.807) is 5.38 Å². The Hall–Kier alpha value is -1.94. The number of ether oxygens (including phenoxy) is 1. The molecule has 0 aliphatic heterocycles. The van der Waals surface area contributed by atoms with Crippen LogP contribution in [0.1, 0.15) is 82.9 Å². The first-order valence-corrected chi connectivity index (χ1v) is 15.6. The smallest absolute Gasteiger partial charge is 0.357 e. The second kappa shape index (κ2) is 14.5. The van der Waals surface area contributed by atoms with E-state index in [0.717, 1.165) is 24.6 Å². The van der Waals surface area contributed by atoms with E-state index in [2.05, 4.69) is 41.1 Å². The molecule has 0 aliphatic rings. The fourth-order valence-electron chi connectivity index (χ4n) is 3.83. The van der Waals surface area contributed by atoms with Gasteiger partial charge in [-0.3, -0.25) is 4.79 Å². The maximum Gasteiger partial charge on any atom is 0.357 e. The lowest BCUT2D eigenvalue weighted by molar-refractivity contribution is -0.124. The molecule has 0 aromatic carbocycles. The summed E-state index contributed by atoms with van der Waals surface area (Å²) in [6.45, 7) is 14.4. The van der Waals surface area contributed by atoms with Crippen LogP contribution in [0.3, 0.4) is 0 Å². The molecule has 0 bridgehead atoms. The van der Waals surface area contributed by atoms with Crippen LogP contribution in [0.4, 0.5) is 0 Å². The zero-order valence-electron chi connectivity index (χ0n) is 21.8. The van der Waals surface area contributed by atoms with Crippen LogP contribution < -0.4 is 5.32 Å². The number of azide groups is 1. The van der Waals surface area contributed by atoms with Crippen LogP contribution in [0.15, 0.2) is 10.5 Å². The van der Waals surface area contributed by atoms with Gasteiger partial charge in [-0.25, -0.2) is 9.78 Å². The van der Waals surface area contributed by atoms with Crippen molar-refractivity contribution in [2.45, 2.75) is 97.6 Å². The van der Waals surface area contributed by atoms with Gasteiger partial charge in [-0.15, -0.1) is 11.3 Å². The molecule has 0 saturated heterocycles. The van der Waals surface area contributed by atoms with Crippen LogP contribution in [0.5, 0.6) is 0 Å². The van der Waals surface area contributed by atoms with E-state index in [-0.39, 0.29) is 35.6 Å². The van der Waals surface area contributed by atoms with E-state index in [9.17, 15) is 9.59 Å². The van der Waals surface area contributed by atoms with Crippen LogP contribution in [0.25, 0.3) is 10.4 Å². The number of amides is 1. The average molecular weight is 512 g/mol. The number of rotatable bonds is 15. The third kappa shape index (κ3) is 8.08. The van der Waals surface area contributed by atoms with Gasteiger partial charge in [-0.2, -0.15) is 0 Å². The van der Waals surface area contributed by atoms with Crippen molar-refractivity contribution in [1.82, 2.24) is 10.3 Å². The molecule has 0 aliphatic carbocycles. The van der Waals surface area contributed by atoms with Gasteiger partial charge >= 0.3 is 5.97 Å². The number of esters is 1. The monoisotopic (exact) mass is 511 g/mol. The Balaban J connectivity index is 3.30. The number of carbonyl (C=O) groups excluding carboxylic acids is 2. The summed E-state index contributed by atoms with van der Waals surface area (Å²) in [7, 11) is -0.684. The van der Waals surface area contributed by atoms with Crippen molar-refractivity contribution in [1.29, 1.82) is 0 Å². The van der Waals surface area contributed by atoms with Crippen molar-refractivity contribution in [2.24, 2.45) is 17.0 Å². The van der Waals surface area contributed by atoms with Crippen LogP contribution >= 0.6 is 11.3 Å². The molecule has 1 amide bonds. The van der Waals surface area contributed by atoms with Crippen molar-refractivity contribution in [2.75, 3.05) is 7.11 Å². The summed E-state index contributed by atoms with van der Waals surface area (Å²) >= 11 is 1.38. The van der Waals surface area contributed by atoms with E-state index in [4.69, 9.17) is 14.7 Å². The van der Waals surface area contributed by atoms with Gasteiger partial charge in [0.05, 0.1) is 13.2 Å². The van der Waals surface area contributed by atoms with Crippen molar-refractivity contribution in [3.05, 3.63) is 26.5 Å². The lowest BCUT2D eigenvalue weighted by Crippen LogP contribution is -2.47. The van der Waals surface area contributed by atoms with E-state index in [1.807, 2.05) is 27.7 Å². The maximum absolute atomic E-state index is 13.1. The Morgan fingerprint density at radius 3 is 2.29 bits per heavy atom. The highest BCUT2D eigenvalue weighted by Crippen LogP contribution is 2.35. The minimum Gasteiger partial charge on any atom is -0.464 e. The summed E-state index contributed by atoms with van der Waals surface area (Å²) in [6.07, 6.45) is 0.877. The third-order valence-corrected chi connectivity index (χ3v) is 12.3. The van der Waals surface area contributed by atoms with Crippen molar-refractivity contribution < 1.29 is 18.8 Å². The molecule has 0 fully saturated rings. The molecule has 4 atom stereocenters. The molecule has 1 aromatic heterocycles. The maximum atomic E-state index is 13.1. The molecule has 1 N–H and O–H groups in total. The van der Waals surface area contributed by atoms with Gasteiger partial charge in [-0.1, -0.05) is 60.0 Å². The third-order valence-electron chi connectivity index (χ3n) is 6.75. The first kappa shape index (κ1) is 30.1. The number of carbonyl (C=O) groups is 2. The summed E-state index contributed by atoms with van der Waals surface area (Å²) in [6, 6.07) is 1.92. The molecule has 2 unspecified atom stereocenters. The minimum absolute atomic E-state index is 0.0716. The molecule has 34 heavy (non-hydrogen) atoms. The van der Waals surface area contributed by atoms with Crippen LogP contribution in [0, 0.1) is 11.8 Å². The van der Waals surface area contributed by atoms with Gasteiger partial charge in [0, 0.05) is 16.3 Å².